The molecule has 0 spiro atoms. The molecule has 1 N–H and O–H groups in total. The van der Waals surface area contributed by atoms with E-state index in [9.17, 15) is 4.79 Å². The predicted octanol–water partition coefficient (Wildman–Crippen LogP) is 2.38. The maximum absolute atomic E-state index is 11.1. The molecule has 3 aromatic rings. The minimum absolute atomic E-state index is 0.198. The van der Waals surface area contributed by atoms with Gasteiger partial charge in [0.05, 0.1) is 11.2 Å². The van der Waals surface area contributed by atoms with E-state index in [1.54, 1.807) is 4.68 Å². The lowest BCUT2D eigenvalue weighted by molar-refractivity contribution is 0.0683. The minimum Gasteiger partial charge on any atom is -0.475 e. The van der Waals surface area contributed by atoms with Crippen LogP contribution in [-0.4, -0.2) is 30.8 Å². The number of benzene rings is 1. The molecule has 0 amide bonds. The standard InChI is InChI=1S/C15H14N4O2/c1-3-12-17-14(15(20)21)18-19(12)11-6-4-5-10-8-7-9(2)16-13(10)11/h4-8H,3H2,1-2H3,(H,20,21). The lowest BCUT2D eigenvalue weighted by Gasteiger charge is -2.08. The van der Waals surface area contributed by atoms with E-state index in [1.807, 2.05) is 44.2 Å². The van der Waals surface area contributed by atoms with Gasteiger partial charge in [-0.25, -0.2) is 14.5 Å². The Bertz CT molecular complexity index is 839. The monoisotopic (exact) mass is 282 g/mol. The molecule has 2 heterocycles. The predicted molar refractivity (Wildman–Crippen MR) is 77.7 cm³/mol. The summed E-state index contributed by atoms with van der Waals surface area (Å²) in [6, 6.07) is 9.66. The van der Waals surface area contributed by atoms with Crippen LogP contribution >= 0.6 is 0 Å². The minimum atomic E-state index is -1.13. The molecule has 0 aliphatic rings. The first-order chi connectivity index (χ1) is 10.1. The molecule has 3 rings (SSSR count). The number of rotatable bonds is 3. The summed E-state index contributed by atoms with van der Waals surface area (Å²) in [6.07, 6.45) is 0.586. The van der Waals surface area contributed by atoms with E-state index in [0.717, 1.165) is 22.3 Å². The van der Waals surface area contributed by atoms with E-state index >= 15 is 0 Å². The Morgan fingerprint density at radius 3 is 2.76 bits per heavy atom. The summed E-state index contributed by atoms with van der Waals surface area (Å²) in [7, 11) is 0. The fraction of sp³-hybridized carbons (Fsp3) is 0.200. The molecule has 2 aromatic heterocycles. The third kappa shape index (κ3) is 2.24. The molecular weight excluding hydrogens is 268 g/mol. The highest BCUT2D eigenvalue weighted by atomic mass is 16.4. The van der Waals surface area contributed by atoms with E-state index in [0.29, 0.717) is 12.2 Å². The molecule has 0 saturated carbocycles. The summed E-state index contributed by atoms with van der Waals surface area (Å²) in [4.78, 5) is 19.7. The van der Waals surface area contributed by atoms with E-state index in [2.05, 4.69) is 15.1 Å². The van der Waals surface area contributed by atoms with Crippen LogP contribution in [0.3, 0.4) is 0 Å². The number of nitrogens with zero attached hydrogens (tertiary/aromatic N) is 4. The van der Waals surface area contributed by atoms with Crippen LogP contribution in [0.15, 0.2) is 30.3 Å². The summed E-state index contributed by atoms with van der Waals surface area (Å²) in [6.45, 7) is 3.83. The Labute approximate surface area is 121 Å². The van der Waals surface area contributed by atoms with Crippen molar-refractivity contribution in [3.63, 3.8) is 0 Å². The van der Waals surface area contributed by atoms with Gasteiger partial charge in [-0.3, -0.25) is 4.98 Å². The number of hydrogen-bond acceptors (Lipinski definition) is 4. The van der Waals surface area contributed by atoms with Crippen molar-refractivity contribution in [1.29, 1.82) is 0 Å². The van der Waals surface area contributed by atoms with Crippen LogP contribution in [0.5, 0.6) is 0 Å². The molecule has 1 aromatic carbocycles. The van der Waals surface area contributed by atoms with Crippen LogP contribution in [0.1, 0.15) is 29.1 Å². The number of fused-ring (bicyclic) bond motifs is 1. The SMILES string of the molecule is CCc1nc(C(=O)O)nn1-c1cccc2ccc(C)nc12. The maximum atomic E-state index is 11.1. The van der Waals surface area contributed by atoms with Crippen LogP contribution in [0.4, 0.5) is 0 Å². The Morgan fingerprint density at radius 1 is 1.24 bits per heavy atom. The summed E-state index contributed by atoms with van der Waals surface area (Å²) < 4.78 is 1.57. The summed E-state index contributed by atoms with van der Waals surface area (Å²) in [5.74, 6) is -0.729. The Kier molecular flexibility index (Phi) is 3.13. The van der Waals surface area contributed by atoms with Gasteiger partial charge < -0.3 is 5.11 Å². The van der Waals surface area contributed by atoms with E-state index < -0.39 is 5.97 Å². The molecule has 0 aliphatic carbocycles. The van der Waals surface area contributed by atoms with Crippen molar-refractivity contribution in [2.24, 2.45) is 0 Å². The Hall–Kier alpha value is -2.76. The first-order valence-electron chi connectivity index (χ1n) is 6.66. The number of pyridine rings is 1. The zero-order chi connectivity index (χ0) is 15.0. The first-order valence-corrected chi connectivity index (χ1v) is 6.66. The van der Waals surface area contributed by atoms with Crippen LogP contribution < -0.4 is 0 Å². The molecule has 0 fully saturated rings. The van der Waals surface area contributed by atoms with Crippen molar-refractivity contribution in [3.8, 4) is 5.69 Å². The molecule has 0 bridgehead atoms. The van der Waals surface area contributed by atoms with Crippen LogP contribution in [0, 0.1) is 6.92 Å². The number of carbonyl (C=O) groups is 1. The Morgan fingerprint density at radius 2 is 2.05 bits per heavy atom. The molecule has 6 heteroatoms. The van der Waals surface area contributed by atoms with Crippen LogP contribution in [-0.2, 0) is 6.42 Å². The molecule has 0 radical (unpaired) electrons. The van der Waals surface area contributed by atoms with Gasteiger partial charge in [-0.1, -0.05) is 25.1 Å². The third-order valence-electron chi connectivity index (χ3n) is 3.25. The Balaban J connectivity index is 2.29. The number of hydrogen-bond donors (Lipinski definition) is 1. The van der Waals surface area contributed by atoms with Gasteiger partial charge in [-0.05, 0) is 19.1 Å². The van der Waals surface area contributed by atoms with Crippen molar-refractivity contribution < 1.29 is 9.90 Å². The van der Waals surface area contributed by atoms with Gasteiger partial charge in [0.15, 0.2) is 0 Å². The molecule has 21 heavy (non-hydrogen) atoms. The molecule has 6 nitrogen and oxygen atoms in total. The van der Waals surface area contributed by atoms with Crippen molar-refractivity contribution >= 4 is 16.9 Å². The number of aromatic carboxylic acids is 1. The molecule has 0 saturated heterocycles. The van der Waals surface area contributed by atoms with Gasteiger partial charge in [0.2, 0.25) is 0 Å². The van der Waals surface area contributed by atoms with Crippen molar-refractivity contribution in [2.45, 2.75) is 20.3 Å². The van der Waals surface area contributed by atoms with E-state index in [4.69, 9.17) is 5.11 Å². The normalized spacial score (nSPS) is 11.0. The van der Waals surface area contributed by atoms with Crippen LogP contribution in [0.25, 0.3) is 16.6 Å². The summed E-state index contributed by atoms with van der Waals surface area (Å²) >= 11 is 0. The lowest BCUT2D eigenvalue weighted by atomic mass is 10.1. The average molecular weight is 282 g/mol. The van der Waals surface area contributed by atoms with Crippen molar-refractivity contribution in [2.75, 3.05) is 0 Å². The number of carboxylic acid groups (broad SMARTS) is 1. The maximum Gasteiger partial charge on any atom is 0.375 e. The van der Waals surface area contributed by atoms with E-state index in [1.165, 1.54) is 0 Å². The second-order valence-corrected chi connectivity index (χ2v) is 4.72. The topological polar surface area (TPSA) is 80.9 Å². The highest BCUT2D eigenvalue weighted by molar-refractivity contribution is 5.87. The van der Waals surface area contributed by atoms with Gasteiger partial charge in [-0.15, -0.1) is 5.10 Å². The molecule has 0 atom stereocenters. The third-order valence-corrected chi connectivity index (χ3v) is 3.25. The highest BCUT2D eigenvalue weighted by Gasteiger charge is 2.17. The van der Waals surface area contributed by atoms with E-state index in [-0.39, 0.29) is 5.82 Å². The lowest BCUT2D eigenvalue weighted by Crippen LogP contribution is -2.05. The van der Waals surface area contributed by atoms with Crippen LogP contribution in [0.2, 0.25) is 0 Å². The largest absolute Gasteiger partial charge is 0.475 e. The van der Waals surface area contributed by atoms with Gasteiger partial charge >= 0.3 is 5.97 Å². The number of aromatic nitrogens is 4. The van der Waals surface area contributed by atoms with Gasteiger partial charge in [-0.2, -0.15) is 0 Å². The molecule has 0 aliphatic heterocycles. The number of aryl methyl sites for hydroxylation is 2. The molecule has 0 unspecified atom stereocenters. The fourth-order valence-electron chi connectivity index (χ4n) is 2.26. The number of para-hydroxylation sites is 1. The van der Waals surface area contributed by atoms with Crippen molar-refractivity contribution in [1.82, 2.24) is 19.7 Å². The molecule has 106 valence electrons. The highest BCUT2D eigenvalue weighted by Crippen LogP contribution is 2.21. The van der Waals surface area contributed by atoms with Gasteiger partial charge in [0.25, 0.3) is 5.82 Å². The molecular formula is C15H14N4O2. The number of carboxylic acids is 1. The fourth-order valence-corrected chi connectivity index (χ4v) is 2.26. The smallest absolute Gasteiger partial charge is 0.375 e. The second-order valence-electron chi connectivity index (χ2n) is 4.72. The first kappa shape index (κ1) is 13.2. The zero-order valence-electron chi connectivity index (χ0n) is 11.7. The van der Waals surface area contributed by atoms with Gasteiger partial charge in [0.1, 0.15) is 5.82 Å². The quantitative estimate of drug-likeness (QED) is 0.797. The summed E-state index contributed by atoms with van der Waals surface area (Å²) in [5.41, 5.74) is 2.42. The average Bonchev–Trinajstić information content (AvgIpc) is 2.90. The summed E-state index contributed by atoms with van der Waals surface area (Å²) in [5, 5.41) is 14.1. The van der Waals surface area contributed by atoms with Crippen molar-refractivity contribution in [3.05, 3.63) is 47.7 Å². The zero-order valence-corrected chi connectivity index (χ0v) is 11.7. The van der Waals surface area contributed by atoms with Gasteiger partial charge in [0, 0.05) is 17.5 Å². The second kappa shape index (κ2) is 4.97.